The van der Waals surface area contributed by atoms with Crippen LogP contribution in [-0.2, 0) is 7.05 Å². The fourth-order valence-corrected chi connectivity index (χ4v) is 0.966. The number of carbonyl (C=O) groups excluding carboxylic acids is 1. The predicted molar refractivity (Wildman–Crippen MR) is 47.5 cm³/mol. The second-order valence-electron chi connectivity index (χ2n) is 2.72. The first-order valence-corrected chi connectivity index (χ1v) is 3.92. The van der Waals surface area contributed by atoms with Gasteiger partial charge in [-0.25, -0.2) is 0 Å². The maximum absolute atomic E-state index is 11.5. The summed E-state index contributed by atoms with van der Waals surface area (Å²) in [7, 11) is 1.70. The number of hydrogen-bond acceptors (Lipinski definition) is 4. The van der Waals surface area contributed by atoms with Crippen LogP contribution in [0.25, 0.3) is 0 Å². The summed E-state index contributed by atoms with van der Waals surface area (Å²) in [4.78, 5) is 11.5. The first-order valence-electron chi connectivity index (χ1n) is 3.92. The fourth-order valence-electron chi connectivity index (χ4n) is 0.966. The van der Waals surface area contributed by atoms with Crippen molar-refractivity contribution >= 4 is 11.6 Å². The van der Waals surface area contributed by atoms with E-state index in [1.54, 1.807) is 13.2 Å². The molecule has 2 aromatic heterocycles. The molecule has 0 aromatic carbocycles. The van der Waals surface area contributed by atoms with Crippen molar-refractivity contribution in [2.45, 2.75) is 0 Å². The number of amides is 1. The topological polar surface area (TPSA) is 88.5 Å². The van der Waals surface area contributed by atoms with Gasteiger partial charge in [0.15, 0.2) is 5.69 Å². The Balaban J connectivity index is 2.10. The number of aryl methyl sites for hydroxylation is 1. The second kappa shape index (κ2) is 3.29. The van der Waals surface area contributed by atoms with Crippen molar-refractivity contribution in [3.63, 3.8) is 0 Å². The third-order valence-corrected chi connectivity index (χ3v) is 1.59. The van der Waals surface area contributed by atoms with Gasteiger partial charge in [0, 0.05) is 13.2 Å². The molecule has 0 fully saturated rings. The largest absolute Gasteiger partial charge is 0.318 e. The Morgan fingerprint density at radius 3 is 3.07 bits per heavy atom. The van der Waals surface area contributed by atoms with Crippen molar-refractivity contribution in [3.05, 3.63) is 24.3 Å². The number of nitrogens with one attached hydrogen (secondary N) is 2. The average Bonchev–Trinajstić information content (AvgIpc) is 2.75. The van der Waals surface area contributed by atoms with E-state index < -0.39 is 0 Å². The van der Waals surface area contributed by atoms with Gasteiger partial charge in [-0.2, -0.15) is 5.10 Å². The van der Waals surface area contributed by atoms with Gasteiger partial charge in [-0.1, -0.05) is 5.21 Å². The summed E-state index contributed by atoms with van der Waals surface area (Å²) in [6, 6.07) is 0. The lowest BCUT2D eigenvalue weighted by molar-refractivity contribution is 0.102. The minimum absolute atomic E-state index is 0.272. The molecule has 1 amide bonds. The van der Waals surface area contributed by atoms with Gasteiger partial charge in [0.1, 0.15) is 0 Å². The Hall–Kier alpha value is -2.18. The highest BCUT2D eigenvalue weighted by Crippen LogP contribution is 2.03. The molecule has 0 spiro atoms. The lowest BCUT2D eigenvalue weighted by Crippen LogP contribution is -2.11. The van der Waals surface area contributed by atoms with E-state index in [0.29, 0.717) is 5.69 Å². The first-order chi connectivity index (χ1) is 6.75. The summed E-state index contributed by atoms with van der Waals surface area (Å²) >= 11 is 0. The Morgan fingerprint density at radius 1 is 1.64 bits per heavy atom. The van der Waals surface area contributed by atoms with Crippen LogP contribution in [0.2, 0.25) is 0 Å². The molecule has 0 saturated carbocycles. The van der Waals surface area contributed by atoms with Gasteiger partial charge < -0.3 is 5.32 Å². The Morgan fingerprint density at radius 2 is 2.50 bits per heavy atom. The second-order valence-corrected chi connectivity index (χ2v) is 2.72. The van der Waals surface area contributed by atoms with Gasteiger partial charge in [0.25, 0.3) is 5.91 Å². The molecule has 0 aliphatic rings. The zero-order chi connectivity index (χ0) is 9.97. The molecule has 0 saturated heterocycles. The molecule has 2 heterocycles. The normalized spacial score (nSPS) is 10.1. The van der Waals surface area contributed by atoms with E-state index in [0.717, 1.165) is 0 Å². The highest BCUT2D eigenvalue weighted by atomic mass is 16.2. The first kappa shape index (κ1) is 8.42. The third kappa shape index (κ3) is 1.60. The van der Waals surface area contributed by atoms with Crippen molar-refractivity contribution in [2.75, 3.05) is 5.32 Å². The van der Waals surface area contributed by atoms with Gasteiger partial charge in [-0.05, 0) is 0 Å². The molecule has 2 aromatic rings. The fraction of sp³-hybridized carbons (Fsp3) is 0.143. The number of hydrogen-bond donors (Lipinski definition) is 2. The van der Waals surface area contributed by atoms with Crippen LogP contribution in [0.3, 0.4) is 0 Å². The SMILES string of the molecule is Cn1cc(C(=O)Nc2cn[nH]c2)nn1. The zero-order valence-corrected chi connectivity index (χ0v) is 7.43. The van der Waals surface area contributed by atoms with E-state index in [-0.39, 0.29) is 11.6 Å². The van der Waals surface area contributed by atoms with Crippen LogP contribution in [-0.4, -0.2) is 31.1 Å². The van der Waals surface area contributed by atoms with E-state index in [2.05, 4.69) is 25.8 Å². The quantitative estimate of drug-likeness (QED) is 0.689. The summed E-state index contributed by atoms with van der Waals surface area (Å²) in [6.07, 6.45) is 4.62. The van der Waals surface area contributed by atoms with Crippen LogP contribution >= 0.6 is 0 Å². The Kier molecular flexibility index (Phi) is 1.98. The molecule has 72 valence electrons. The van der Waals surface area contributed by atoms with Crippen molar-refractivity contribution in [1.82, 2.24) is 25.2 Å². The van der Waals surface area contributed by atoms with E-state index in [1.165, 1.54) is 17.1 Å². The Labute approximate surface area is 79.1 Å². The van der Waals surface area contributed by atoms with Gasteiger partial charge in [-0.3, -0.25) is 14.6 Å². The van der Waals surface area contributed by atoms with E-state index in [4.69, 9.17) is 0 Å². The Bertz CT molecular complexity index is 431. The molecule has 0 bridgehead atoms. The van der Waals surface area contributed by atoms with Crippen LogP contribution in [0.4, 0.5) is 5.69 Å². The third-order valence-electron chi connectivity index (χ3n) is 1.59. The van der Waals surface area contributed by atoms with Crippen molar-refractivity contribution in [3.8, 4) is 0 Å². The lowest BCUT2D eigenvalue weighted by Gasteiger charge is -1.96. The minimum Gasteiger partial charge on any atom is -0.318 e. The molecule has 7 heteroatoms. The summed E-state index contributed by atoms with van der Waals surface area (Å²) < 4.78 is 1.46. The molecule has 0 aliphatic carbocycles. The van der Waals surface area contributed by atoms with E-state index in [1.807, 2.05) is 0 Å². The molecule has 2 rings (SSSR count). The highest BCUT2D eigenvalue weighted by molar-refractivity contribution is 6.02. The van der Waals surface area contributed by atoms with Crippen LogP contribution in [0.15, 0.2) is 18.6 Å². The molecule has 0 aliphatic heterocycles. The highest BCUT2D eigenvalue weighted by Gasteiger charge is 2.09. The number of anilines is 1. The number of carbonyl (C=O) groups is 1. The number of aromatic amines is 1. The van der Waals surface area contributed by atoms with E-state index >= 15 is 0 Å². The molecule has 14 heavy (non-hydrogen) atoms. The molecular weight excluding hydrogens is 184 g/mol. The van der Waals surface area contributed by atoms with Crippen LogP contribution in [0, 0.1) is 0 Å². The van der Waals surface area contributed by atoms with Crippen molar-refractivity contribution in [2.24, 2.45) is 7.05 Å². The summed E-state index contributed by atoms with van der Waals surface area (Å²) in [5.74, 6) is -0.306. The van der Waals surface area contributed by atoms with Crippen molar-refractivity contribution in [1.29, 1.82) is 0 Å². The van der Waals surface area contributed by atoms with Gasteiger partial charge in [-0.15, -0.1) is 5.10 Å². The molecular formula is C7H8N6O. The van der Waals surface area contributed by atoms with Gasteiger partial charge in [0.05, 0.1) is 18.1 Å². The summed E-state index contributed by atoms with van der Waals surface area (Å²) in [5.41, 5.74) is 0.870. The molecule has 0 unspecified atom stereocenters. The average molecular weight is 192 g/mol. The van der Waals surface area contributed by atoms with Crippen LogP contribution in [0.1, 0.15) is 10.5 Å². The van der Waals surface area contributed by atoms with Gasteiger partial charge in [0.2, 0.25) is 0 Å². The molecule has 2 N–H and O–H groups in total. The summed E-state index contributed by atoms with van der Waals surface area (Å²) in [6.45, 7) is 0. The minimum atomic E-state index is -0.306. The van der Waals surface area contributed by atoms with Crippen LogP contribution < -0.4 is 5.32 Å². The monoisotopic (exact) mass is 192 g/mol. The summed E-state index contributed by atoms with van der Waals surface area (Å²) in [5, 5.41) is 16.2. The molecule has 7 nitrogen and oxygen atoms in total. The smallest absolute Gasteiger partial charge is 0.277 e. The maximum atomic E-state index is 11.5. The van der Waals surface area contributed by atoms with Crippen LogP contribution in [0.5, 0.6) is 0 Å². The van der Waals surface area contributed by atoms with E-state index in [9.17, 15) is 4.79 Å². The standard InChI is InChI=1S/C7H8N6O/c1-13-4-6(11-12-13)7(14)10-5-2-8-9-3-5/h2-4H,1H3,(H,8,9)(H,10,14). The number of H-pyrrole nitrogens is 1. The zero-order valence-electron chi connectivity index (χ0n) is 7.43. The maximum Gasteiger partial charge on any atom is 0.277 e. The van der Waals surface area contributed by atoms with Crippen molar-refractivity contribution < 1.29 is 4.79 Å². The van der Waals surface area contributed by atoms with Gasteiger partial charge >= 0.3 is 0 Å². The number of rotatable bonds is 2. The number of aromatic nitrogens is 5. The number of nitrogens with zero attached hydrogens (tertiary/aromatic N) is 4. The lowest BCUT2D eigenvalue weighted by atomic mass is 10.4. The molecule has 0 radical (unpaired) electrons. The molecule has 0 atom stereocenters. The predicted octanol–water partition coefficient (Wildman–Crippen LogP) is -0.210.